The maximum atomic E-state index is 11.9. The van der Waals surface area contributed by atoms with Crippen LogP contribution in [0.5, 0.6) is 0 Å². The molecule has 0 bridgehead atoms. The zero-order valence-electron chi connectivity index (χ0n) is 17.7. The summed E-state index contributed by atoms with van der Waals surface area (Å²) in [5, 5.41) is 28.8. The lowest BCUT2D eigenvalue weighted by Crippen LogP contribution is -3.10. The van der Waals surface area contributed by atoms with E-state index in [1.54, 1.807) is 23.5 Å². The van der Waals surface area contributed by atoms with E-state index in [1.807, 2.05) is 74.9 Å². The van der Waals surface area contributed by atoms with Crippen LogP contribution >= 0.6 is 23.5 Å². The van der Waals surface area contributed by atoms with Crippen LogP contribution in [-0.4, -0.2) is 41.4 Å². The summed E-state index contributed by atoms with van der Waals surface area (Å²) in [5.41, 5.74) is 1.61. The molecule has 1 N–H and O–H groups in total. The lowest BCUT2D eigenvalue weighted by atomic mass is 10.2. The lowest BCUT2D eigenvalue weighted by molar-refractivity contribution is -0.798. The topological polar surface area (TPSA) is 78.5 Å². The van der Waals surface area contributed by atoms with Crippen LogP contribution in [0.15, 0.2) is 58.5 Å². The van der Waals surface area contributed by atoms with Crippen molar-refractivity contribution in [2.75, 3.05) is 24.0 Å². The number of thioether (sulfide) groups is 2. The Morgan fingerprint density at radius 1 is 0.900 bits per heavy atom. The number of quaternary nitrogens is 1. The van der Waals surface area contributed by atoms with E-state index in [-0.39, 0.29) is 17.4 Å². The Kier molecular flexibility index (Phi) is 7.96. The minimum Gasteiger partial charge on any atom is -0.757 e. The first-order valence-electron chi connectivity index (χ1n) is 9.74. The van der Waals surface area contributed by atoms with Crippen LogP contribution in [0.2, 0.25) is 0 Å². The molecule has 0 amide bonds. The molecule has 3 atom stereocenters. The Morgan fingerprint density at radius 2 is 1.47 bits per heavy atom. The van der Waals surface area contributed by atoms with Crippen LogP contribution < -0.4 is 26.2 Å². The van der Waals surface area contributed by atoms with Gasteiger partial charge in [-0.3, -0.25) is 4.99 Å². The molecule has 2 heterocycles. The molecular formula is C22H27N4O2S2-. The lowest BCUT2D eigenvalue weighted by Gasteiger charge is -2.39. The number of nitrogens with one attached hydrogen (secondary N) is 1. The molecule has 0 fully saturated rings. The third-order valence-corrected chi connectivity index (χ3v) is 6.38. The Balaban J connectivity index is 0.000000171. The van der Waals surface area contributed by atoms with Gasteiger partial charge in [-0.25, -0.2) is 4.99 Å². The highest BCUT2D eigenvalue weighted by Crippen LogP contribution is 2.13. The minimum absolute atomic E-state index is 0.169. The van der Waals surface area contributed by atoms with E-state index in [9.17, 15) is 10.4 Å². The van der Waals surface area contributed by atoms with E-state index in [2.05, 4.69) is 9.98 Å². The second kappa shape index (κ2) is 10.5. The van der Waals surface area contributed by atoms with Gasteiger partial charge in [-0.05, 0) is 37.6 Å². The fourth-order valence-corrected chi connectivity index (χ4v) is 4.53. The Hall–Kier alpha value is -1.84. The van der Waals surface area contributed by atoms with E-state index >= 15 is 0 Å². The predicted octanol–water partition coefficient (Wildman–Crippen LogP) is 0.457. The van der Waals surface area contributed by atoms with Crippen LogP contribution in [-0.2, 0) is 0 Å². The molecule has 0 spiro atoms. The molecule has 0 saturated heterocycles. The number of benzene rings is 2. The number of rotatable bonds is 4. The third kappa shape index (κ3) is 4.90. The van der Waals surface area contributed by atoms with Gasteiger partial charge in [0.2, 0.25) is 0 Å². The average molecular weight is 444 g/mol. The van der Waals surface area contributed by atoms with Crippen molar-refractivity contribution < 1.29 is 5.06 Å². The zero-order valence-corrected chi connectivity index (χ0v) is 19.3. The molecule has 0 saturated carbocycles. The molecule has 0 aromatic heterocycles. The largest absolute Gasteiger partial charge is 0.757 e. The highest BCUT2D eigenvalue weighted by molar-refractivity contribution is 7.98. The van der Waals surface area contributed by atoms with Crippen LogP contribution in [0.25, 0.3) is 11.4 Å². The zero-order chi connectivity index (χ0) is 21.7. The Bertz CT molecular complexity index is 1030. The fourth-order valence-electron chi connectivity index (χ4n) is 3.48. The summed E-state index contributed by atoms with van der Waals surface area (Å²) >= 11 is 3.30. The fraction of sp³-hybridized carbons (Fsp3) is 0.364. The van der Waals surface area contributed by atoms with Crippen molar-refractivity contribution in [3.05, 3.63) is 80.1 Å². The first-order chi connectivity index (χ1) is 14.5. The number of hydroxylamine groups is 4. The number of nitrogens with zero attached hydrogens (tertiary/aromatic N) is 3. The van der Waals surface area contributed by atoms with Crippen LogP contribution in [0.1, 0.15) is 13.8 Å². The maximum Gasteiger partial charge on any atom is 0.194 e. The summed E-state index contributed by atoms with van der Waals surface area (Å²) in [7, 11) is 0. The van der Waals surface area contributed by atoms with Crippen molar-refractivity contribution in [3.63, 3.8) is 0 Å². The SMILES string of the molecule is CSCC1N=c2ccccc2=C(C)N1[O-].CSCC1N=c2ccccc2=C(C)[NH+]1[O-]. The number of hydrogen-bond acceptors (Lipinski definition) is 7. The van der Waals surface area contributed by atoms with Crippen molar-refractivity contribution in [1.82, 2.24) is 5.06 Å². The Morgan fingerprint density at radius 3 is 2.10 bits per heavy atom. The second-order valence-corrected chi connectivity index (χ2v) is 8.92. The highest BCUT2D eigenvalue weighted by atomic mass is 32.2. The molecule has 2 aliphatic heterocycles. The van der Waals surface area contributed by atoms with Crippen LogP contribution in [0, 0.1) is 10.4 Å². The first-order valence-corrected chi connectivity index (χ1v) is 12.5. The van der Waals surface area contributed by atoms with E-state index in [0.29, 0.717) is 0 Å². The van der Waals surface area contributed by atoms with Crippen molar-refractivity contribution >= 4 is 34.9 Å². The van der Waals surface area contributed by atoms with Gasteiger partial charge in [0.05, 0.1) is 21.7 Å². The summed E-state index contributed by atoms with van der Waals surface area (Å²) in [4.78, 5) is 8.91. The van der Waals surface area contributed by atoms with E-state index in [1.165, 1.54) is 0 Å². The predicted molar refractivity (Wildman–Crippen MR) is 126 cm³/mol. The van der Waals surface area contributed by atoms with Crippen molar-refractivity contribution in [2.45, 2.75) is 26.2 Å². The summed E-state index contributed by atoms with van der Waals surface area (Å²) in [6.07, 6.45) is 3.53. The molecule has 8 heteroatoms. The monoisotopic (exact) mass is 443 g/mol. The van der Waals surface area contributed by atoms with Crippen LogP contribution in [0.3, 0.4) is 0 Å². The quantitative estimate of drug-likeness (QED) is 0.695. The van der Waals surface area contributed by atoms with Crippen LogP contribution in [0.4, 0.5) is 0 Å². The molecular weight excluding hydrogens is 416 g/mol. The molecule has 2 aromatic carbocycles. The molecule has 0 aliphatic carbocycles. The first kappa shape index (κ1) is 22.8. The molecule has 3 unspecified atom stereocenters. The van der Waals surface area contributed by atoms with Gasteiger partial charge in [-0.15, -0.1) is 0 Å². The number of hydrogen-bond donors (Lipinski definition) is 1. The summed E-state index contributed by atoms with van der Waals surface area (Å²) in [6, 6.07) is 15.6. The molecule has 6 nitrogen and oxygen atoms in total. The smallest absolute Gasteiger partial charge is 0.194 e. The molecule has 30 heavy (non-hydrogen) atoms. The molecule has 160 valence electrons. The third-order valence-electron chi connectivity index (χ3n) is 5.10. The summed E-state index contributed by atoms with van der Waals surface area (Å²) in [6.45, 7) is 3.75. The van der Waals surface area contributed by atoms with Gasteiger partial charge in [0.25, 0.3) is 0 Å². The molecule has 2 aromatic rings. The number of fused-ring (bicyclic) bond motifs is 2. The van der Waals surface area contributed by atoms with E-state index in [0.717, 1.165) is 49.1 Å². The van der Waals surface area contributed by atoms with Gasteiger partial charge in [-0.2, -0.15) is 23.5 Å². The standard InChI is InChI=1S/C11H14N2OS.C11H13N2OS/c2*1-8-9-5-3-4-6-10(9)12-11(7-15-2)13(8)14/h3-6,11,13H,7H2,1-2H3;3-6,11H,7H2,1-2H3/q;-1. The molecule has 0 radical (unpaired) electrons. The molecule has 2 aliphatic rings. The van der Waals surface area contributed by atoms with Crippen molar-refractivity contribution in [2.24, 2.45) is 9.98 Å². The van der Waals surface area contributed by atoms with Crippen molar-refractivity contribution in [3.8, 4) is 0 Å². The van der Waals surface area contributed by atoms with Gasteiger partial charge in [0, 0.05) is 23.6 Å². The second-order valence-electron chi connectivity index (χ2n) is 7.10. The van der Waals surface area contributed by atoms with Gasteiger partial charge in [-0.1, -0.05) is 30.3 Å². The van der Waals surface area contributed by atoms with Crippen molar-refractivity contribution in [1.29, 1.82) is 0 Å². The maximum absolute atomic E-state index is 11.9. The van der Waals surface area contributed by atoms with Gasteiger partial charge >= 0.3 is 0 Å². The average Bonchev–Trinajstić information content (AvgIpc) is 2.76. The minimum atomic E-state index is -0.269. The van der Waals surface area contributed by atoms with Gasteiger partial charge < -0.3 is 20.5 Å². The van der Waals surface area contributed by atoms with E-state index in [4.69, 9.17) is 0 Å². The number of para-hydroxylation sites is 2. The summed E-state index contributed by atoms with van der Waals surface area (Å²) < 4.78 is 0. The highest BCUT2D eigenvalue weighted by Gasteiger charge is 2.19. The van der Waals surface area contributed by atoms with Gasteiger partial charge in [0.1, 0.15) is 11.9 Å². The molecule has 4 rings (SSSR count). The summed E-state index contributed by atoms with van der Waals surface area (Å²) in [5.74, 6) is 1.50. The Labute approximate surface area is 185 Å². The van der Waals surface area contributed by atoms with Gasteiger partial charge in [0.15, 0.2) is 6.17 Å². The van der Waals surface area contributed by atoms with E-state index < -0.39 is 0 Å². The normalized spacial score (nSPS) is 22.2.